The van der Waals surface area contributed by atoms with E-state index in [9.17, 15) is 0 Å². The minimum absolute atomic E-state index is 0.955. The molecule has 0 atom stereocenters. The molecule has 1 nitrogen and oxygen atoms in total. The summed E-state index contributed by atoms with van der Waals surface area (Å²) in [6.07, 6.45) is 27.9. The predicted molar refractivity (Wildman–Crippen MR) is 131 cm³/mol. The van der Waals surface area contributed by atoms with E-state index in [1.807, 2.05) is 0 Å². The van der Waals surface area contributed by atoms with Crippen molar-refractivity contribution >= 4 is 0 Å². The number of unbranched alkanes of at least 4 members (excludes halogenated alkanes) is 2. The fourth-order valence-electron chi connectivity index (χ4n) is 6.07. The standard InChI is InChI=1S/C29H49N/c1-3-5-7-24-9-11-25(12-10-24)13-14-26-15-17-27(18-16-26)19-21-29-22-20-28(23-30-29)8-6-4-2/h20,22-27H,3-19,21H2,1-2H3. The summed E-state index contributed by atoms with van der Waals surface area (Å²) in [4.78, 5) is 4.73. The monoisotopic (exact) mass is 411 g/mol. The molecule has 1 heterocycles. The summed E-state index contributed by atoms with van der Waals surface area (Å²) < 4.78 is 0. The van der Waals surface area contributed by atoms with Crippen LogP contribution in [0.3, 0.4) is 0 Å². The molecule has 0 aliphatic heterocycles. The Kier molecular flexibility index (Phi) is 10.7. The third-order valence-electron chi connectivity index (χ3n) is 8.40. The minimum Gasteiger partial charge on any atom is -0.261 e. The first-order valence-electron chi connectivity index (χ1n) is 13.7. The molecule has 0 amide bonds. The third kappa shape index (κ3) is 8.35. The van der Waals surface area contributed by atoms with Gasteiger partial charge in [0.2, 0.25) is 0 Å². The van der Waals surface area contributed by atoms with Gasteiger partial charge < -0.3 is 0 Å². The van der Waals surface area contributed by atoms with Crippen LogP contribution in [-0.2, 0) is 12.8 Å². The van der Waals surface area contributed by atoms with Gasteiger partial charge in [0.05, 0.1) is 0 Å². The van der Waals surface area contributed by atoms with Gasteiger partial charge in [0.15, 0.2) is 0 Å². The van der Waals surface area contributed by atoms with Crippen molar-refractivity contribution < 1.29 is 0 Å². The van der Waals surface area contributed by atoms with Gasteiger partial charge >= 0.3 is 0 Å². The molecule has 1 aromatic heterocycles. The largest absolute Gasteiger partial charge is 0.261 e. The second-order valence-corrected chi connectivity index (χ2v) is 10.8. The van der Waals surface area contributed by atoms with E-state index < -0.39 is 0 Å². The van der Waals surface area contributed by atoms with Crippen LogP contribution in [0.25, 0.3) is 0 Å². The Bertz CT molecular complexity index is 546. The van der Waals surface area contributed by atoms with Crippen molar-refractivity contribution in [1.29, 1.82) is 0 Å². The fraction of sp³-hybridized carbons (Fsp3) is 0.828. The summed E-state index contributed by atoms with van der Waals surface area (Å²) in [6, 6.07) is 4.60. The highest BCUT2D eigenvalue weighted by Crippen LogP contribution is 2.38. The fourth-order valence-corrected chi connectivity index (χ4v) is 6.07. The zero-order valence-electron chi connectivity index (χ0n) is 20.2. The highest BCUT2D eigenvalue weighted by atomic mass is 14.7. The van der Waals surface area contributed by atoms with Crippen molar-refractivity contribution in [2.45, 2.75) is 129 Å². The molecule has 2 fully saturated rings. The molecule has 2 aliphatic carbocycles. The second kappa shape index (κ2) is 13.5. The maximum atomic E-state index is 4.73. The van der Waals surface area contributed by atoms with Gasteiger partial charge in [-0.25, -0.2) is 0 Å². The number of hydrogen-bond donors (Lipinski definition) is 0. The average molecular weight is 412 g/mol. The maximum Gasteiger partial charge on any atom is 0.0403 e. The molecule has 1 aromatic rings. The Morgan fingerprint density at radius 1 is 0.633 bits per heavy atom. The van der Waals surface area contributed by atoms with E-state index in [1.54, 1.807) is 0 Å². The van der Waals surface area contributed by atoms with Crippen molar-refractivity contribution in [2.24, 2.45) is 23.7 Å². The highest BCUT2D eigenvalue weighted by Gasteiger charge is 2.24. The van der Waals surface area contributed by atoms with Gasteiger partial charge in [0.25, 0.3) is 0 Å². The molecule has 30 heavy (non-hydrogen) atoms. The first-order chi connectivity index (χ1) is 14.8. The first-order valence-corrected chi connectivity index (χ1v) is 13.7. The SMILES string of the molecule is CCCCc1ccc(CCC2CCC(CCC3CCC(CCCC)CC3)CC2)nc1. The van der Waals surface area contributed by atoms with E-state index in [0.29, 0.717) is 0 Å². The quantitative estimate of drug-likeness (QED) is 0.334. The van der Waals surface area contributed by atoms with Gasteiger partial charge in [-0.15, -0.1) is 0 Å². The van der Waals surface area contributed by atoms with Gasteiger partial charge in [-0.1, -0.05) is 110 Å². The summed E-state index contributed by atoms with van der Waals surface area (Å²) in [5.41, 5.74) is 2.72. The van der Waals surface area contributed by atoms with Gasteiger partial charge in [0, 0.05) is 11.9 Å². The van der Waals surface area contributed by atoms with Gasteiger partial charge in [0.1, 0.15) is 0 Å². The van der Waals surface area contributed by atoms with E-state index in [4.69, 9.17) is 4.98 Å². The molecule has 0 radical (unpaired) electrons. The van der Waals surface area contributed by atoms with Crippen molar-refractivity contribution in [3.8, 4) is 0 Å². The summed E-state index contributed by atoms with van der Waals surface area (Å²) in [7, 11) is 0. The minimum atomic E-state index is 0.955. The Balaban J connectivity index is 1.25. The highest BCUT2D eigenvalue weighted by molar-refractivity contribution is 5.14. The van der Waals surface area contributed by atoms with Gasteiger partial charge in [-0.2, -0.15) is 0 Å². The van der Waals surface area contributed by atoms with E-state index in [-0.39, 0.29) is 0 Å². The number of pyridine rings is 1. The van der Waals surface area contributed by atoms with Crippen LogP contribution in [0.15, 0.2) is 18.3 Å². The van der Waals surface area contributed by atoms with E-state index >= 15 is 0 Å². The number of hydrogen-bond acceptors (Lipinski definition) is 1. The smallest absolute Gasteiger partial charge is 0.0403 e. The molecule has 0 bridgehead atoms. The van der Waals surface area contributed by atoms with Crippen molar-refractivity contribution in [1.82, 2.24) is 4.98 Å². The Hall–Kier alpha value is -0.850. The Morgan fingerprint density at radius 3 is 1.67 bits per heavy atom. The molecule has 2 saturated carbocycles. The molecule has 0 aromatic carbocycles. The number of aromatic nitrogens is 1. The van der Waals surface area contributed by atoms with Crippen molar-refractivity contribution in [3.63, 3.8) is 0 Å². The predicted octanol–water partition coefficient (Wildman–Crippen LogP) is 8.94. The van der Waals surface area contributed by atoms with Crippen molar-refractivity contribution in [2.75, 3.05) is 0 Å². The lowest BCUT2D eigenvalue weighted by Gasteiger charge is -2.32. The van der Waals surface area contributed by atoms with E-state index in [1.165, 1.54) is 127 Å². The third-order valence-corrected chi connectivity index (χ3v) is 8.40. The zero-order chi connectivity index (χ0) is 21.0. The zero-order valence-corrected chi connectivity index (χ0v) is 20.2. The lowest BCUT2D eigenvalue weighted by Crippen LogP contribution is -2.18. The summed E-state index contributed by atoms with van der Waals surface area (Å²) >= 11 is 0. The van der Waals surface area contributed by atoms with Crippen LogP contribution in [0.5, 0.6) is 0 Å². The molecule has 0 spiro atoms. The second-order valence-electron chi connectivity index (χ2n) is 10.8. The first kappa shape index (κ1) is 23.8. The van der Waals surface area contributed by atoms with E-state index in [2.05, 4.69) is 32.2 Å². The molecule has 3 rings (SSSR count). The Labute approximate surface area is 187 Å². The van der Waals surface area contributed by atoms with Crippen LogP contribution in [0, 0.1) is 23.7 Å². The number of aryl methyl sites for hydroxylation is 2. The number of nitrogens with zero attached hydrogens (tertiary/aromatic N) is 1. The summed E-state index contributed by atoms with van der Waals surface area (Å²) in [6.45, 7) is 4.60. The molecule has 2 aliphatic rings. The topological polar surface area (TPSA) is 12.9 Å². The molecular formula is C29H49N. The van der Waals surface area contributed by atoms with Crippen LogP contribution in [-0.4, -0.2) is 4.98 Å². The van der Waals surface area contributed by atoms with Crippen LogP contribution >= 0.6 is 0 Å². The van der Waals surface area contributed by atoms with Crippen LogP contribution in [0.1, 0.15) is 128 Å². The molecule has 1 heteroatoms. The molecule has 0 N–H and O–H groups in total. The lowest BCUT2D eigenvalue weighted by atomic mass is 9.74. The summed E-state index contributed by atoms with van der Waals surface area (Å²) in [5, 5.41) is 0. The number of rotatable bonds is 12. The van der Waals surface area contributed by atoms with Crippen LogP contribution in [0.4, 0.5) is 0 Å². The van der Waals surface area contributed by atoms with Gasteiger partial charge in [-0.3, -0.25) is 4.98 Å². The normalized spacial score (nSPS) is 27.3. The lowest BCUT2D eigenvalue weighted by molar-refractivity contribution is 0.208. The van der Waals surface area contributed by atoms with E-state index in [0.717, 1.165) is 23.7 Å². The molecular weight excluding hydrogens is 362 g/mol. The maximum absolute atomic E-state index is 4.73. The summed E-state index contributed by atoms with van der Waals surface area (Å²) in [5.74, 6) is 4.12. The van der Waals surface area contributed by atoms with Crippen LogP contribution in [0.2, 0.25) is 0 Å². The van der Waals surface area contributed by atoms with Gasteiger partial charge in [-0.05, 0) is 61.0 Å². The Morgan fingerprint density at radius 2 is 1.17 bits per heavy atom. The molecule has 170 valence electrons. The molecule has 0 unspecified atom stereocenters. The van der Waals surface area contributed by atoms with Crippen molar-refractivity contribution in [3.05, 3.63) is 29.6 Å². The molecule has 0 saturated heterocycles. The van der Waals surface area contributed by atoms with Crippen LogP contribution < -0.4 is 0 Å². The average Bonchev–Trinajstić information content (AvgIpc) is 2.80.